The fraction of sp³-hybridized carbons (Fsp3) is 0.381. The number of anilines is 1. The number of hydrogen-bond donors (Lipinski definition) is 1. The molecule has 0 saturated carbocycles. The van der Waals surface area contributed by atoms with Crippen LogP contribution < -0.4 is 10.1 Å². The Hall–Kier alpha value is -2.53. The molecular formula is C21H26FN3O5S. The van der Waals surface area contributed by atoms with E-state index >= 15 is 0 Å². The van der Waals surface area contributed by atoms with Crippen LogP contribution >= 0.6 is 0 Å². The number of carbonyl (C=O) groups excluding carboxylic acids is 1. The number of nitrogens with one attached hydrogen (secondary N) is 1. The van der Waals surface area contributed by atoms with Gasteiger partial charge in [-0.05, 0) is 48.5 Å². The zero-order valence-electron chi connectivity index (χ0n) is 17.3. The quantitative estimate of drug-likeness (QED) is 0.585. The summed E-state index contributed by atoms with van der Waals surface area (Å²) in [6.07, 6.45) is 0. The van der Waals surface area contributed by atoms with Crippen LogP contribution in [0, 0.1) is 5.82 Å². The highest BCUT2D eigenvalue weighted by molar-refractivity contribution is 7.89. The van der Waals surface area contributed by atoms with Gasteiger partial charge in [0.1, 0.15) is 18.2 Å². The number of piperazine rings is 1. The van der Waals surface area contributed by atoms with Crippen LogP contribution in [0.3, 0.4) is 0 Å². The summed E-state index contributed by atoms with van der Waals surface area (Å²) in [5, 5.41) is 2.71. The van der Waals surface area contributed by atoms with Gasteiger partial charge in [0, 0.05) is 39.0 Å². The van der Waals surface area contributed by atoms with Crippen molar-refractivity contribution in [2.45, 2.75) is 4.90 Å². The van der Waals surface area contributed by atoms with Gasteiger partial charge in [0.05, 0.1) is 18.0 Å². The molecule has 168 valence electrons. The Bertz CT molecular complexity index is 960. The van der Waals surface area contributed by atoms with Crippen molar-refractivity contribution in [1.29, 1.82) is 0 Å². The van der Waals surface area contributed by atoms with Gasteiger partial charge in [-0.25, -0.2) is 12.8 Å². The summed E-state index contributed by atoms with van der Waals surface area (Å²) in [6.45, 7) is 2.43. The molecule has 2 aromatic carbocycles. The average Bonchev–Trinajstić information content (AvgIpc) is 2.76. The third-order valence-corrected chi connectivity index (χ3v) is 6.76. The van der Waals surface area contributed by atoms with Crippen molar-refractivity contribution in [3.8, 4) is 5.75 Å². The van der Waals surface area contributed by atoms with Crippen LogP contribution in [-0.2, 0) is 19.6 Å². The summed E-state index contributed by atoms with van der Waals surface area (Å²) in [6, 6.07) is 11.8. The Morgan fingerprint density at radius 1 is 1.00 bits per heavy atom. The van der Waals surface area contributed by atoms with Crippen molar-refractivity contribution in [2.75, 3.05) is 58.4 Å². The molecule has 1 heterocycles. The minimum atomic E-state index is -3.62. The molecule has 0 radical (unpaired) electrons. The van der Waals surface area contributed by atoms with E-state index in [1.807, 2.05) is 4.90 Å². The lowest BCUT2D eigenvalue weighted by Gasteiger charge is -2.33. The Balaban J connectivity index is 1.49. The maximum atomic E-state index is 12.9. The number of halogens is 1. The maximum absolute atomic E-state index is 12.9. The first-order chi connectivity index (χ1) is 14.9. The molecule has 1 fully saturated rings. The van der Waals surface area contributed by atoms with E-state index in [2.05, 4.69) is 5.32 Å². The molecular weight excluding hydrogens is 425 g/mol. The fourth-order valence-corrected chi connectivity index (χ4v) is 4.59. The van der Waals surface area contributed by atoms with Crippen LogP contribution in [0.4, 0.5) is 10.1 Å². The number of sulfonamides is 1. The van der Waals surface area contributed by atoms with Crippen molar-refractivity contribution in [3.63, 3.8) is 0 Å². The molecule has 1 aliphatic heterocycles. The molecule has 0 aromatic heterocycles. The smallest absolute Gasteiger partial charge is 0.243 e. The molecule has 0 aliphatic carbocycles. The summed E-state index contributed by atoms with van der Waals surface area (Å²) in [5.74, 6) is -0.0245. The van der Waals surface area contributed by atoms with Crippen molar-refractivity contribution in [1.82, 2.24) is 9.21 Å². The normalized spacial score (nSPS) is 15.5. The Kier molecular flexibility index (Phi) is 7.97. The van der Waals surface area contributed by atoms with E-state index in [-0.39, 0.29) is 36.3 Å². The number of hydrogen-bond acceptors (Lipinski definition) is 6. The van der Waals surface area contributed by atoms with Gasteiger partial charge in [-0.1, -0.05) is 0 Å². The van der Waals surface area contributed by atoms with E-state index in [0.29, 0.717) is 37.7 Å². The number of rotatable bonds is 9. The molecule has 1 aliphatic rings. The summed E-state index contributed by atoms with van der Waals surface area (Å²) >= 11 is 0. The van der Waals surface area contributed by atoms with E-state index < -0.39 is 10.0 Å². The minimum Gasteiger partial charge on any atom is -0.491 e. The van der Waals surface area contributed by atoms with E-state index in [0.717, 1.165) is 0 Å². The molecule has 8 nitrogen and oxygen atoms in total. The van der Waals surface area contributed by atoms with Gasteiger partial charge in [-0.3, -0.25) is 9.69 Å². The van der Waals surface area contributed by atoms with Gasteiger partial charge in [0.25, 0.3) is 0 Å². The predicted octanol–water partition coefficient (Wildman–Crippen LogP) is 1.80. The van der Waals surface area contributed by atoms with Crippen molar-refractivity contribution in [2.24, 2.45) is 0 Å². The number of ether oxygens (including phenoxy) is 2. The van der Waals surface area contributed by atoms with Crippen LogP contribution in [-0.4, -0.2) is 76.6 Å². The van der Waals surface area contributed by atoms with E-state index in [9.17, 15) is 17.6 Å². The van der Waals surface area contributed by atoms with Crippen LogP contribution in [0.5, 0.6) is 5.75 Å². The van der Waals surface area contributed by atoms with Crippen molar-refractivity contribution < 1.29 is 27.1 Å². The molecule has 1 amide bonds. The summed E-state index contributed by atoms with van der Waals surface area (Å²) < 4.78 is 50.5. The lowest BCUT2D eigenvalue weighted by molar-refractivity contribution is -0.117. The van der Waals surface area contributed by atoms with E-state index in [1.165, 1.54) is 40.7 Å². The molecule has 0 atom stereocenters. The molecule has 3 rings (SSSR count). The first-order valence-corrected chi connectivity index (χ1v) is 11.3. The van der Waals surface area contributed by atoms with E-state index in [1.54, 1.807) is 19.2 Å². The topological polar surface area (TPSA) is 88.2 Å². The summed E-state index contributed by atoms with van der Waals surface area (Å²) in [7, 11) is -2.04. The highest BCUT2D eigenvalue weighted by Gasteiger charge is 2.29. The Morgan fingerprint density at radius 3 is 2.26 bits per heavy atom. The third kappa shape index (κ3) is 6.47. The number of amides is 1. The predicted molar refractivity (Wildman–Crippen MR) is 114 cm³/mol. The van der Waals surface area contributed by atoms with Gasteiger partial charge >= 0.3 is 0 Å². The minimum absolute atomic E-state index is 0.138. The second-order valence-corrected chi connectivity index (χ2v) is 8.99. The van der Waals surface area contributed by atoms with Crippen LogP contribution in [0.2, 0.25) is 0 Å². The number of benzene rings is 2. The molecule has 10 heteroatoms. The highest BCUT2D eigenvalue weighted by Crippen LogP contribution is 2.21. The van der Waals surface area contributed by atoms with Crippen LogP contribution in [0.25, 0.3) is 0 Å². The van der Waals surface area contributed by atoms with Crippen LogP contribution in [0.1, 0.15) is 0 Å². The second kappa shape index (κ2) is 10.7. The average molecular weight is 452 g/mol. The SMILES string of the molecule is COCCOc1ccc(S(=O)(=O)N2CCN(CC(=O)Nc3ccc(F)cc3)CC2)cc1. The van der Waals surface area contributed by atoms with Gasteiger partial charge in [-0.2, -0.15) is 4.31 Å². The number of nitrogens with zero attached hydrogens (tertiary/aromatic N) is 2. The number of carbonyl (C=O) groups is 1. The molecule has 31 heavy (non-hydrogen) atoms. The molecule has 0 bridgehead atoms. The summed E-state index contributed by atoms with van der Waals surface area (Å²) in [5.41, 5.74) is 0.516. The Morgan fingerprint density at radius 2 is 1.65 bits per heavy atom. The zero-order chi connectivity index (χ0) is 22.3. The summed E-state index contributed by atoms with van der Waals surface area (Å²) in [4.78, 5) is 14.3. The largest absolute Gasteiger partial charge is 0.491 e. The van der Waals surface area contributed by atoms with Gasteiger partial charge in [0.15, 0.2) is 0 Å². The fourth-order valence-electron chi connectivity index (χ4n) is 3.16. The molecule has 0 spiro atoms. The molecule has 0 unspecified atom stereocenters. The standard InChI is InChI=1S/C21H26FN3O5S/c1-29-14-15-30-19-6-8-20(9-7-19)31(27,28)25-12-10-24(11-13-25)16-21(26)23-18-4-2-17(22)3-5-18/h2-9H,10-16H2,1H3,(H,23,26). The molecule has 1 saturated heterocycles. The Labute approximate surface area is 181 Å². The van der Waals surface area contributed by atoms with Gasteiger partial charge < -0.3 is 14.8 Å². The first-order valence-electron chi connectivity index (χ1n) is 9.88. The lowest BCUT2D eigenvalue weighted by Crippen LogP contribution is -2.50. The third-order valence-electron chi connectivity index (χ3n) is 4.84. The van der Waals surface area contributed by atoms with Crippen molar-refractivity contribution in [3.05, 3.63) is 54.3 Å². The zero-order valence-corrected chi connectivity index (χ0v) is 18.1. The van der Waals surface area contributed by atoms with Crippen LogP contribution in [0.15, 0.2) is 53.4 Å². The maximum Gasteiger partial charge on any atom is 0.243 e. The van der Waals surface area contributed by atoms with Crippen molar-refractivity contribution >= 4 is 21.6 Å². The monoisotopic (exact) mass is 451 g/mol. The molecule has 2 aromatic rings. The van der Waals surface area contributed by atoms with Gasteiger partial charge in [-0.15, -0.1) is 0 Å². The molecule has 1 N–H and O–H groups in total. The first kappa shape index (κ1) is 23.1. The second-order valence-electron chi connectivity index (χ2n) is 7.05. The number of methoxy groups -OCH3 is 1. The van der Waals surface area contributed by atoms with E-state index in [4.69, 9.17) is 9.47 Å². The van der Waals surface area contributed by atoms with Gasteiger partial charge in [0.2, 0.25) is 15.9 Å². The lowest BCUT2D eigenvalue weighted by atomic mass is 10.3. The highest BCUT2D eigenvalue weighted by atomic mass is 32.2.